The zero-order chi connectivity index (χ0) is 20.6. The van der Waals surface area contributed by atoms with Crippen LogP contribution in [-0.4, -0.2) is 44.1 Å². The lowest BCUT2D eigenvalue weighted by Crippen LogP contribution is -2.46. The van der Waals surface area contributed by atoms with Crippen LogP contribution >= 0.6 is 0 Å². The Morgan fingerprint density at radius 3 is 2.48 bits per heavy atom. The molecule has 1 aliphatic carbocycles. The standard InChI is InChI=1S/C22H28N4O3/c1-22(2)19(15-7-5-4-6-8-15)26(21(28)29-22)17-11-9-16(10-12-17)24-20(27)18-13-23-14-25(18)3/h4-8,13-14,16-17,19H,9-12H2,1-3H3,(H,24,27). The second-order valence-corrected chi connectivity index (χ2v) is 8.56. The highest BCUT2D eigenvalue weighted by Crippen LogP contribution is 2.44. The summed E-state index contributed by atoms with van der Waals surface area (Å²) < 4.78 is 7.46. The second kappa shape index (κ2) is 7.54. The van der Waals surface area contributed by atoms with E-state index < -0.39 is 5.60 Å². The van der Waals surface area contributed by atoms with Gasteiger partial charge >= 0.3 is 6.09 Å². The Morgan fingerprint density at radius 1 is 1.17 bits per heavy atom. The van der Waals surface area contributed by atoms with E-state index in [4.69, 9.17) is 4.74 Å². The fourth-order valence-corrected chi connectivity index (χ4v) is 4.66. The Balaban J connectivity index is 1.44. The molecule has 2 fully saturated rings. The lowest BCUT2D eigenvalue weighted by atomic mass is 9.86. The van der Waals surface area contributed by atoms with Gasteiger partial charge in [-0.3, -0.25) is 9.69 Å². The van der Waals surface area contributed by atoms with Crippen molar-refractivity contribution in [3.8, 4) is 0 Å². The van der Waals surface area contributed by atoms with Crippen LogP contribution in [-0.2, 0) is 11.8 Å². The molecule has 2 amide bonds. The molecular formula is C22H28N4O3. The average Bonchev–Trinajstić information content (AvgIpc) is 3.22. The van der Waals surface area contributed by atoms with Crippen molar-refractivity contribution in [1.82, 2.24) is 19.8 Å². The topological polar surface area (TPSA) is 76.5 Å². The van der Waals surface area contributed by atoms with Crippen molar-refractivity contribution in [1.29, 1.82) is 0 Å². The van der Waals surface area contributed by atoms with E-state index in [0.717, 1.165) is 31.2 Å². The summed E-state index contributed by atoms with van der Waals surface area (Å²) in [6, 6.07) is 10.2. The highest BCUT2D eigenvalue weighted by molar-refractivity contribution is 5.92. The molecule has 154 valence electrons. The molecule has 1 aromatic heterocycles. The smallest absolute Gasteiger partial charge is 0.411 e. The van der Waals surface area contributed by atoms with Crippen LogP contribution in [0.25, 0.3) is 0 Å². The van der Waals surface area contributed by atoms with Gasteiger partial charge in [0.1, 0.15) is 11.3 Å². The van der Waals surface area contributed by atoms with Gasteiger partial charge in [-0.1, -0.05) is 30.3 Å². The number of amides is 2. The van der Waals surface area contributed by atoms with Gasteiger partial charge in [-0.05, 0) is 45.1 Å². The van der Waals surface area contributed by atoms with Crippen molar-refractivity contribution < 1.29 is 14.3 Å². The predicted octanol–water partition coefficient (Wildman–Crippen LogP) is 3.43. The normalized spacial score (nSPS) is 26.2. The van der Waals surface area contributed by atoms with Crippen LogP contribution in [0.15, 0.2) is 42.9 Å². The molecule has 7 nitrogen and oxygen atoms in total. The number of aromatic nitrogens is 2. The first kappa shape index (κ1) is 19.5. The molecule has 2 aliphatic rings. The molecular weight excluding hydrogens is 368 g/mol. The highest BCUT2D eigenvalue weighted by Gasteiger charge is 2.51. The molecule has 1 N–H and O–H groups in total. The maximum absolute atomic E-state index is 12.7. The predicted molar refractivity (Wildman–Crippen MR) is 108 cm³/mol. The lowest BCUT2D eigenvalue weighted by molar-refractivity contribution is 0.0663. The van der Waals surface area contributed by atoms with Crippen molar-refractivity contribution in [2.45, 2.75) is 63.3 Å². The number of rotatable bonds is 4. The first-order valence-electron chi connectivity index (χ1n) is 10.2. The first-order chi connectivity index (χ1) is 13.9. The number of ether oxygens (including phenoxy) is 1. The van der Waals surface area contributed by atoms with Gasteiger partial charge < -0.3 is 14.6 Å². The van der Waals surface area contributed by atoms with Crippen LogP contribution in [0.2, 0.25) is 0 Å². The number of aryl methyl sites for hydroxylation is 1. The van der Waals surface area contributed by atoms with Crippen molar-refractivity contribution in [3.05, 3.63) is 54.1 Å². The van der Waals surface area contributed by atoms with Gasteiger partial charge in [0.15, 0.2) is 0 Å². The van der Waals surface area contributed by atoms with Gasteiger partial charge in [0, 0.05) is 19.1 Å². The molecule has 7 heteroatoms. The average molecular weight is 396 g/mol. The van der Waals surface area contributed by atoms with Crippen LogP contribution in [0.3, 0.4) is 0 Å². The Morgan fingerprint density at radius 2 is 1.86 bits per heavy atom. The minimum absolute atomic E-state index is 0.0997. The highest BCUT2D eigenvalue weighted by atomic mass is 16.6. The Kier molecular flexibility index (Phi) is 5.06. The zero-order valence-corrected chi connectivity index (χ0v) is 17.2. The summed E-state index contributed by atoms with van der Waals surface area (Å²) in [7, 11) is 1.81. The summed E-state index contributed by atoms with van der Waals surface area (Å²) in [4.78, 5) is 31.1. The maximum Gasteiger partial charge on any atom is 0.411 e. The molecule has 1 aliphatic heterocycles. The fraction of sp³-hybridized carbons (Fsp3) is 0.500. The zero-order valence-electron chi connectivity index (χ0n) is 17.2. The molecule has 1 unspecified atom stereocenters. The summed E-state index contributed by atoms with van der Waals surface area (Å²) in [5, 5.41) is 3.11. The van der Waals surface area contributed by atoms with Crippen LogP contribution in [0.1, 0.15) is 61.6 Å². The van der Waals surface area contributed by atoms with E-state index in [1.54, 1.807) is 17.1 Å². The molecule has 0 bridgehead atoms. The molecule has 1 aromatic carbocycles. The lowest BCUT2D eigenvalue weighted by Gasteiger charge is -2.38. The third-order valence-corrected chi connectivity index (χ3v) is 6.09. The number of carbonyl (C=O) groups excluding carboxylic acids is 2. The molecule has 29 heavy (non-hydrogen) atoms. The van der Waals surface area contributed by atoms with Crippen molar-refractivity contribution in [2.75, 3.05) is 0 Å². The largest absolute Gasteiger partial charge is 0.441 e. The number of benzene rings is 1. The summed E-state index contributed by atoms with van der Waals surface area (Å²) in [5.74, 6) is -0.0997. The molecule has 1 saturated carbocycles. The monoisotopic (exact) mass is 396 g/mol. The number of hydrogen-bond donors (Lipinski definition) is 1. The molecule has 2 aromatic rings. The first-order valence-corrected chi connectivity index (χ1v) is 10.2. The fourth-order valence-electron chi connectivity index (χ4n) is 4.66. The Hall–Kier alpha value is -2.83. The molecule has 2 heterocycles. The van der Waals surface area contributed by atoms with E-state index in [9.17, 15) is 9.59 Å². The van der Waals surface area contributed by atoms with E-state index in [1.807, 2.05) is 44.0 Å². The van der Waals surface area contributed by atoms with Crippen LogP contribution < -0.4 is 5.32 Å². The molecule has 4 rings (SSSR count). The minimum Gasteiger partial charge on any atom is -0.441 e. The molecule has 0 spiro atoms. The van der Waals surface area contributed by atoms with E-state index >= 15 is 0 Å². The number of hydrogen-bond acceptors (Lipinski definition) is 4. The van der Waals surface area contributed by atoms with Gasteiger partial charge in [-0.15, -0.1) is 0 Å². The number of imidazole rings is 1. The quantitative estimate of drug-likeness (QED) is 0.859. The van der Waals surface area contributed by atoms with E-state index in [0.29, 0.717) is 5.69 Å². The number of nitrogens with one attached hydrogen (secondary N) is 1. The number of nitrogens with zero attached hydrogens (tertiary/aromatic N) is 3. The second-order valence-electron chi connectivity index (χ2n) is 8.56. The van der Waals surface area contributed by atoms with Crippen LogP contribution in [0.5, 0.6) is 0 Å². The van der Waals surface area contributed by atoms with Crippen molar-refractivity contribution in [2.24, 2.45) is 7.05 Å². The van der Waals surface area contributed by atoms with E-state index in [1.165, 1.54) is 0 Å². The van der Waals surface area contributed by atoms with Gasteiger partial charge in [0.05, 0.1) is 18.6 Å². The summed E-state index contributed by atoms with van der Waals surface area (Å²) >= 11 is 0. The van der Waals surface area contributed by atoms with E-state index in [-0.39, 0.29) is 30.1 Å². The minimum atomic E-state index is -0.580. The van der Waals surface area contributed by atoms with Gasteiger partial charge in [0.25, 0.3) is 5.91 Å². The van der Waals surface area contributed by atoms with E-state index in [2.05, 4.69) is 22.4 Å². The molecule has 0 radical (unpaired) electrons. The number of cyclic esters (lactones) is 1. The van der Waals surface area contributed by atoms with Gasteiger partial charge in [-0.25, -0.2) is 9.78 Å². The van der Waals surface area contributed by atoms with Gasteiger partial charge in [-0.2, -0.15) is 0 Å². The Labute approximate surface area is 171 Å². The summed E-state index contributed by atoms with van der Waals surface area (Å²) in [6.45, 7) is 3.95. The van der Waals surface area contributed by atoms with Gasteiger partial charge in [0.2, 0.25) is 0 Å². The molecule has 1 atom stereocenters. The number of carbonyl (C=O) groups is 2. The summed E-state index contributed by atoms with van der Waals surface area (Å²) in [5.41, 5.74) is 1.07. The van der Waals surface area contributed by atoms with Crippen molar-refractivity contribution in [3.63, 3.8) is 0 Å². The van der Waals surface area contributed by atoms with Crippen LogP contribution in [0.4, 0.5) is 4.79 Å². The maximum atomic E-state index is 12.7. The van der Waals surface area contributed by atoms with Crippen LogP contribution in [0, 0.1) is 0 Å². The third-order valence-electron chi connectivity index (χ3n) is 6.09. The van der Waals surface area contributed by atoms with Crippen molar-refractivity contribution >= 4 is 12.0 Å². The SMILES string of the molecule is Cn1cncc1C(=O)NC1CCC(N2C(=O)OC(C)(C)C2c2ccccc2)CC1. The summed E-state index contributed by atoms with van der Waals surface area (Å²) in [6.07, 6.45) is 6.30. The third kappa shape index (κ3) is 3.73. The molecule has 1 saturated heterocycles. The Bertz CT molecular complexity index is 884.